The molecular weight excluding hydrogens is 634 g/mol. The van der Waals surface area contributed by atoms with Gasteiger partial charge in [-0.2, -0.15) is 5.10 Å². The van der Waals surface area contributed by atoms with Gasteiger partial charge in [0.05, 0.1) is 11.3 Å². The molecule has 4 rings (SSSR count). The van der Waals surface area contributed by atoms with Gasteiger partial charge in [-0.05, 0) is 62.9 Å². The summed E-state index contributed by atoms with van der Waals surface area (Å²) in [5.41, 5.74) is 3.00. The lowest BCUT2D eigenvalue weighted by Crippen LogP contribution is -2.40. The van der Waals surface area contributed by atoms with E-state index in [0.717, 1.165) is 16.9 Å². The number of hydrogen-bond donors (Lipinski definition) is 3. The minimum atomic E-state index is -1.13. The lowest BCUT2D eigenvalue weighted by atomic mass is 10.1. The van der Waals surface area contributed by atoms with E-state index in [1.54, 1.807) is 57.2 Å². The smallest absolute Gasteiger partial charge is 0.423 e. The van der Waals surface area contributed by atoms with Crippen molar-refractivity contribution in [2.45, 2.75) is 53.7 Å². The third-order valence-electron chi connectivity index (χ3n) is 7.32. The minimum Gasteiger partial charge on any atom is -0.445 e. The lowest BCUT2D eigenvalue weighted by molar-refractivity contribution is -0.153. The number of esters is 1. The van der Waals surface area contributed by atoms with Crippen LogP contribution in [0.25, 0.3) is 5.52 Å². The van der Waals surface area contributed by atoms with E-state index in [2.05, 4.69) is 26.0 Å². The van der Waals surface area contributed by atoms with Gasteiger partial charge in [0.1, 0.15) is 24.5 Å². The number of carbonyl (C=O) groups excluding carboxylic acids is 5. The normalized spacial score (nSPS) is 11.3. The summed E-state index contributed by atoms with van der Waals surface area (Å²) in [5, 5.41) is 12.2. The average molecular weight is 674 g/mol. The van der Waals surface area contributed by atoms with Crippen molar-refractivity contribution in [2.75, 3.05) is 24.8 Å². The highest BCUT2D eigenvalue weighted by atomic mass is 16.7. The summed E-state index contributed by atoms with van der Waals surface area (Å²) in [5.74, 6) is -1.53. The van der Waals surface area contributed by atoms with Gasteiger partial charge in [-0.25, -0.2) is 28.8 Å². The Morgan fingerprint density at radius 1 is 0.939 bits per heavy atom. The number of alkyl carbamates (subject to hydrolysis) is 1. The first-order chi connectivity index (χ1) is 23.5. The van der Waals surface area contributed by atoms with Crippen LogP contribution in [0.3, 0.4) is 0 Å². The van der Waals surface area contributed by atoms with Gasteiger partial charge < -0.3 is 30.2 Å². The fourth-order valence-corrected chi connectivity index (χ4v) is 4.75. The van der Waals surface area contributed by atoms with Crippen LogP contribution < -0.4 is 20.9 Å². The zero-order valence-electron chi connectivity index (χ0n) is 27.9. The van der Waals surface area contributed by atoms with Gasteiger partial charge in [0, 0.05) is 24.8 Å². The molecular formula is C34H39N7O8. The molecule has 0 fully saturated rings. The number of hydrogen-bond acceptors (Lipinski definition) is 10. The summed E-state index contributed by atoms with van der Waals surface area (Å²) in [6.07, 6.45) is 1.64. The van der Waals surface area contributed by atoms with Gasteiger partial charge in [0.2, 0.25) is 6.79 Å². The van der Waals surface area contributed by atoms with Crippen LogP contribution in [-0.4, -0.2) is 70.5 Å². The van der Waals surface area contributed by atoms with E-state index >= 15 is 0 Å². The number of anilines is 2. The number of nitrogens with zero attached hydrogens (tertiary/aromatic N) is 4. The first-order valence-electron chi connectivity index (χ1n) is 15.7. The Bertz CT molecular complexity index is 1830. The van der Waals surface area contributed by atoms with Crippen LogP contribution in [0.4, 0.5) is 21.1 Å². The van der Waals surface area contributed by atoms with Crippen LogP contribution in [-0.2, 0) is 25.6 Å². The molecule has 15 heteroatoms. The van der Waals surface area contributed by atoms with E-state index in [4.69, 9.17) is 14.2 Å². The minimum absolute atomic E-state index is 0.00493. The van der Waals surface area contributed by atoms with Gasteiger partial charge in [0.15, 0.2) is 5.82 Å². The van der Waals surface area contributed by atoms with E-state index in [1.165, 1.54) is 30.0 Å². The first-order valence-corrected chi connectivity index (χ1v) is 15.7. The summed E-state index contributed by atoms with van der Waals surface area (Å²) in [4.78, 5) is 69.9. The third kappa shape index (κ3) is 8.88. The molecule has 49 heavy (non-hydrogen) atoms. The number of aromatic nitrogens is 3. The number of amides is 4. The summed E-state index contributed by atoms with van der Waals surface area (Å²) in [6.45, 7) is 8.57. The maximum absolute atomic E-state index is 13.9. The molecule has 4 aromatic rings. The van der Waals surface area contributed by atoms with Crippen LogP contribution in [0.15, 0.2) is 61.1 Å². The highest BCUT2D eigenvalue weighted by molar-refractivity contribution is 6.05. The van der Waals surface area contributed by atoms with Crippen molar-refractivity contribution in [3.8, 4) is 0 Å². The molecule has 0 radical (unpaired) electrons. The highest BCUT2D eigenvalue weighted by Gasteiger charge is 2.29. The monoisotopic (exact) mass is 673 g/mol. The summed E-state index contributed by atoms with van der Waals surface area (Å²) < 4.78 is 17.1. The topological polar surface area (TPSA) is 183 Å². The Balaban J connectivity index is 1.57. The molecule has 0 saturated carbocycles. The molecule has 4 amide bonds. The average Bonchev–Trinajstić information content (AvgIpc) is 3.44. The standard InChI is InChI=1S/C34H39N7O8/c1-6-15-36-31(43)26-17-40-28(22(26)4)29(37-19-38-40)41(27-16-25(14-13-21(27)3)30(42)35-7-2)34(46)49-20-48-32(44)23(5)39-33(45)47-18-24-11-9-8-10-12-24/h8-14,16-17,19,23H,6-7,15,18,20H2,1-5H3,(H,35,42)(H,36,43)(H,39,45). The van der Waals surface area contributed by atoms with Gasteiger partial charge in [0.25, 0.3) is 11.8 Å². The molecule has 258 valence electrons. The van der Waals surface area contributed by atoms with Gasteiger partial charge >= 0.3 is 18.2 Å². The maximum Gasteiger partial charge on any atom is 0.423 e. The first kappa shape index (κ1) is 35.9. The van der Waals surface area contributed by atoms with Crippen LogP contribution >= 0.6 is 0 Å². The third-order valence-corrected chi connectivity index (χ3v) is 7.32. The lowest BCUT2D eigenvalue weighted by Gasteiger charge is -2.24. The quantitative estimate of drug-likeness (QED) is 0.136. The number of fused-ring (bicyclic) bond motifs is 1. The molecule has 0 aliphatic heterocycles. The molecule has 3 N–H and O–H groups in total. The second-order valence-electron chi connectivity index (χ2n) is 10.9. The number of rotatable bonds is 13. The molecule has 1 atom stereocenters. The largest absolute Gasteiger partial charge is 0.445 e. The van der Waals surface area contributed by atoms with E-state index in [-0.39, 0.29) is 35.5 Å². The molecule has 0 aliphatic rings. The second-order valence-corrected chi connectivity index (χ2v) is 10.9. The van der Waals surface area contributed by atoms with Crippen molar-refractivity contribution in [1.29, 1.82) is 0 Å². The predicted octanol–water partition coefficient (Wildman–Crippen LogP) is 4.33. The number of ether oxygens (including phenoxy) is 3. The summed E-state index contributed by atoms with van der Waals surface area (Å²) >= 11 is 0. The number of benzene rings is 2. The Morgan fingerprint density at radius 2 is 1.69 bits per heavy atom. The molecule has 0 saturated heterocycles. The van der Waals surface area contributed by atoms with Gasteiger partial charge in [-0.1, -0.05) is 43.3 Å². The molecule has 2 aromatic carbocycles. The number of aryl methyl sites for hydroxylation is 2. The maximum atomic E-state index is 13.9. The Hall–Kier alpha value is -5.99. The Morgan fingerprint density at radius 3 is 2.41 bits per heavy atom. The summed E-state index contributed by atoms with van der Waals surface area (Å²) in [6, 6.07) is 12.7. The fraction of sp³-hybridized carbons (Fsp3) is 0.324. The van der Waals surface area contributed by atoms with Crippen molar-refractivity contribution < 1.29 is 38.2 Å². The van der Waals surface area contributed by atoms with Crippen molar-refractivity contribution in [1.82, 2.24) is 30.5 Å². The molecule has 1 unspecified atom stereocenters. The SMILES string of the molecule is CCCNC(=O)c1cn2ncnc(N(C(=O)OCOC(=O)C(C)NC(=O)OCc3ccccc3)c3cc(C(=O)NCC)ccc3C)c2c1C. The molecule has 2 aromatic heterocycles. The molecule has 0 bridgehead atoms. The van der Waals surface area contributed by atoms with E-state index in [0.29, 0.717) is 35.3 Å². The van der Waals surface area contributed by atoms with Gasteiger partial charge in [-0.15, -0.1) is 0 Å². The van der Waals surface area contributed by atoms with Crippen LogP contribution in [0.1, 0.15) is 64.6 Å². The van der Waals surface area contributed by atoms with E-state index in [1.807, 2.05) is 13.0 Å². The fourth-order valence-electron chi connectivity index (χ4n) is 4.75. The number of nitrogens with one attached hydrogen (secondary N) is 3. The number of carbonyl (C=O) groups is 5. The van der Waals surface area contributed by atoms with Crippen molar-refractivity contribution in [3.05, 3.63) is 88.9 Å². The van der Waals surface area contributed by atoms with Crippen LogP contribution in [0, 0.1) is 13.8 Å². The molecule has 0 spiro atoms. The van der Waals surface area contributed by atoms with Crippen molar-refractivity contribution in [2.24, 2.45) is 0 Å². The predicted molar refractivity (Wildman–Crippen MR) is 178 cm³/mol. The van der Waals surface area contributed by atoms with Crippen LogP contribution in [0.5, 0.6) is 0 Å². The second kappa shape index (κ2) is 16.7. The van der Waals surface area contributed by atoms with Crippen LogP contribution in [0.2, 0.25) is 0 Å². The molecule has 15 nitrogen and oxygen atoms in total. The summed E-state index contributed by atoms with van der Waals surface area (Å²) in [7, 11) is 0. The highest BCUT2D eigenvalue weighted by Crippen LogP contribution is 2.34. The Kier molecular flexibility index (Phi) is 12.2. The zero-order valence-corrected chi connectivity index (χ0v) is 27.9. The molecule has 0 aliphatic carbocycles. The zero-order chi connectivity index (χ0) is 35.5. The molecule has 2 heterocycles. The van der Waals surface area contributed by atoms with Crippen molar-refractivity contribution in [3.63, 3.8) is 0 Å². The van der Waals surface area contributed by atoms with E-state index in [9.17, 15) is 24.0 Å². The van der Waals surface area contributed by atoms with Crippen molar-refractivity contribution >= 4 is 47.0 Å². The van der Waals surface area contributed by atoms with E-state index < -0.39 is 31.0 Å². The Labute approximate surface area is 282 Å². The van der Waals surface area contributed by atoms with Gasteiger partial charge in [-0.3, -0.25) is 9.59 Å².